The molecule has 0 bridgehead atoms. The minimum absolute atomic E-state index is 0.0457. The topological polar surface area (TPSA) is 49.9 Å². The van der Waals surface area contributed by atoms with Crippen LogP contribution in [0.15, 0.2) is 0 Å². The third-order valence-electron chi connectivity index (χ3n) is 3.13. The van der Waals surface area contributed by atoms with E-state index >= 15 is 0 Å². The third kappa shape index (κ3) is 6.79. The summed E-state index contributed by atoms with van der Waals surface area (Å²) in [6.07, 6.45) is -4.22. The van der Waals surface area contributed by atoms with Gasteiger partial charge >= 0.3 is 6.18 Å². The van der Waals surface area contributed by atoms with Gasteiger partial charge < -0.3 is 14.5 Å². The van der Waals surface area contributed by atoms with Gasteiger partial charge in [-0.2, -0.15) is 13.2 Å². The van der Waals surface area contributed by atoms with Crippen molar-refractivity contribution in [2.45, 2.75) is 32.4 Å². The number of alkyl halides is 3. The normalized spacial score (nSPS) is 15.9. The Morgan fingerprint density at radius 1 is 1.19 bits per heavy atom. The van der Waals surface area contributed by atoms with Gasteiger partial charge in [0.15, 0.2) is 0 Å². The van der Waals surface area contributed by atoms with Crippen molar-refractivity contribution in [3.05, 3.63) is 0 Å². The minimum atomic E-state index is -4.42. The average molecular weight is 310 g/mol. The first-order chi connectivity index (χ1) is 9.83. The van der Waals surface area contributed by atoms with E-state index in [4.69, 9.17) is 4.74 Å². The molecule has 0 N–H and O–H groups in total. The predicted molar refractivity (Wildman–Crippen MR) is 69.6 cm³/mol. The number of nitrogens with zero attached hydrogens (tertiary/aromatic N) is 2. The highest BCUT2D eigenvalue weighted by Crippen LogP contribution is 2.17. The Morgan fingerprint density at radius 2 is 1.81 bits per heavy atom. The van der Waals surface area contributed by atoms with E-state index in [9.17, 15) is 22.8 Å². The highest BCUT2D eigenvalue weighted by atomic mass is 19.4. The first kappa shape index (κ1) is 17.7. The fourth-order valence-electron chi connectivity index (χ4n) is 2.12. The quantitative estimate of drug-likeness (QED) is 0.746. The summed E-state index contributed by atoms with van der Waals surface area (Å²) >= 11 is 0. The van der Waals surface area contributed by atoms with Gasteiger partial charge in [0.05, 0.1) is 13.2 Å². The van der Waals surface area contributed by atoms with Crippen LogP contribution in [-0.2, 0) is 14.3 Å². The van der Waals surface area contributed by atoms with Crippen molar-refractivity contribution in [3.63, 3.8) is 0 Å². The van der Waals surface area contributed by atoms with Crippen molar-refractivity contribution in [1.29, 1.82) is 0 Å². The van der Waals surface area contributed by atoms with Crippen LogP contribution in [0.2, 0.25) is 0 Å². The van der Waals surface area contributed by atoms with Gasteiger partial charge in [0.2, 0.25) is 11.8 Å². The molecule has 0 saturated carbocycles. The number of amides is 2. The summed E-state index contributed by atoms with van der Waals surface area (Å²) in [6.45, 7) is 2.33. The molecule has 1 heterocycles. The van der Waals surface area contributed by atoms with Gasteiger partial charge in [-0.1, -0.05) is 6.92 Å². The van der Waals surface area contributed by atoms with Gasteiger partial charge in [0.25, 0.3) is 0 Å². The second kappa shape index (κ2) is 8.21. The van der Waals surface area contributed by atoms with Crippen LogP contribution in [0.1, 0.15) is 26.2 Å². The maximum atomic E-state index is 12.4. The number of rotatable bonds is 6. The van der Waals surface area contributed by atoms with Crippen molar-refractivity contribution in [2.24, 2.45) is 0 Å². The lowest BCUT2D eigenvalue weighted by Gasteiger charge is -2.27. The van der Waals surface area contributed by atoms with Gasteiger partial charge in [-0.25, -0.2) is 0 Å². The Hall–Kier alpha value is -1.31. The monoisotopic (exact) mass is 310 g/mol. The van der Waals surface area contributed by atoms with Crippen LogP contribution in [0.3, 0.4) is 0 Å². The van der Waals surface area contributed by atoms with Crippen molar-refractivity contribution in [2.75, 3.05) is 39.4 Å². The average Bonchev–Trinajstić information content (AvgIpc) is 2.43. The summed E-state index contributed by atoms with van der Waals surface area (Å²) in [4.78, 5) is 26.0. The standard InChI is InChI=1S/C13H21F3N2O3/c1-2-5-18(10-13(14,15)16)12(20)4-3-11(19)17-6-8-21-9-7-17/h2-10H2,1H3. The Bertz CT molecular complexity index is 355. The van der Waals surface area contributed by atoms with Crippen LogP contribution in [0, 0.1) is 0 Å². The smallest absolute Gasteiger partial charge is 0.378 e. The number of carbonyl (C=O) groups excluding carboxylic acids is 2. The van der Waals surface area contributed by atoms with E-state index in [0.717, 1.165) is 4.90 Å². The number of carbonyl (C=O) groups is 2. The number of hydrogen-bond acceptors (Lipinski definition) is 3. The van der Waals surface area contributed by atoms with E-state index < -0.39 is 18.6 Å². The highest BCUT2D eigenvalue weighted by Gasteiger charge is 2.32. The van der Waals surface area contributed by atoms with Gasteiger partial charge in [-0.3, -0.25) is 9.59 Å². The summed E-state index contributed by atoms with van der Waals surface area (Å²) in [5.41, 5.74) is 0. The molecule has 0 radical (unpaired) electrons. The zero-order chi connectivity index (χ0) is 15.9. The van der Waals surface area contributed by atoms with Crippen molar-refractivity contribution in [1.82, 2.24) is 9.80 Å². The van der Waals surface area contributed by atoms with E-state index in [0.29, 0.717) is 32.7 Å². The molecule has 2 amide bonds. The van der Waals surface area contributed by atoms with Crippen LogP contribution >= 0.6 is 0 Å². The lowest BCUT2D eigenvalue weighted by atomic mass is 10.2. The van der Waals surface area contributed by atoms with E-state index in [1.165, 1.54) is 0 Å². The first-order valence-electron chi connectivity index (χ1n) is 7.03. The lowest BCUT2D eigenvalue weighted by molar-refractivity contribution is -0.161. The van der Waals surface area contributed by atoms with Crippen LogP contribution in [-0.4, -0.2) is 67.2 Å². The molecule has 0 atom stereocenters. The maximum Gasteiger partial charge on any atom is 0.406 e. The zero-order valence-electron chi connectivity index (χ0n) is 12.1. The molecular weight excluding hydrogens is 289 g/mol. The number of morpholine rings is 1. The Kier molecular flexibility index (Phi) is 6.94. The predicted octanol–water partition coefficient (Wildman–Crippen LogP) is 1.43. The molecule has 0 aromatic carbocycles. The fourth-order valence-corrected chi connectivity index (χ4v) is 2.12. The molecule has 0 aromatic heterocycles. The van der Waals surface area contributed by atoms with Gasteiger partial charge in [-0.05, 0) is 6.42 Å². The van der Waals surface area contributed by atoms with Gasteiger partial charge in [0.1, 0.15) is 6.54 Å². The summed E-state index contributed by atoms with van der Waals surface area (Å²) in [5, 5.41) is 0. The summed E-state index contributed by atoms with van der Waals surface area (Å²) in [6, 6.07) is 0. The second-order valence-corrected chi connectivity index (χ2v) is 4.92. The molecule has 0 unspecified atom stereocenters. The van der Waals surface area contributed by atoms with Crippen LogP contribution in [0.5, 0.6) is 0 Å². The molecule has 1 aliphatic rings. The largest absolute Gasteiger partial charge is 0.406 e. The molecule has 1 aliphatic heterocycles. The Morgan fingerprint density at radius 3 is 2.33 bits per heavy atom. The Labute approximate surface area is 122 Å². The molecule has 0 spiro atoms. The molecule has 1 saturated heterocycles. The SMILES string of the molecule is CCCN(CC(F)(F)F)C(=O)CCC(=O)N1CCOCC1. The van der Waals surface area contributed by atoms with Crippen LogP contribution in [0.4, 0.5) is 13.2 Å². The number of halogens is 3. The summed E-state index contributed by atoms with van der Waals surface area (Å²) in [5.74, 6) is -0.842. The van der Waals surface area contributed by atoms with Crippen molar-refractivity contribution >= 4 is 11.8 Å². The Balaban J connectivity index is 2.43. The van der Waals surface area contributed by atoms with E-state index in [2.05, 4.69) is 0 Å². The third-order valence-corrected chi connectivity index (χ3v) is 3.13. The molecule has 0 aliphatic carbocycles. The summed E-state index contributed by atoms with van der Waals surface area (Å²) < 4.78 is 42.3. The first-order valence-corrected chi connectivity index (χ1v) is 7.03. The second-order valence-electron chi connectivity index (χ2n) is 4.92. The molecule has 122 valence electrons. The molecule has 1 fully saturated rings. The van der Waals surface area contributed by atoms with E-state index in [1.807, 2.05) is 0 Å². The van der Waals surface area contributed by atoms with Crippen molar-refractivity contribution < 1.29 is 27.5 Å². The molecule has 0 aromatic rings. The highest BCUT2D eigenvalue weighted by molar-refractivity contribution is 5.83. The lowest BCUT2D eigenvalue weighted by Crippen LogP contribution is -2.42. The zero-order valence-corrected chi connectivity index (χ0v) is 12.1. The summed E-state index contributed by atoms with van der Waals surface area (Å²) in [7, 11) is 0. The van der Waals surface area contributed by atoms with E-state index in [-0.39, 0.29) is 25.3 Å². The number of hydrogen-bond donors (Lipinski definition) is 0. The van der Waals surface area contributed by atoms with E-state index in [1.54, 1.807) is 11.8 Å². The minimum Gasteiger partial charge on any atom is -0.378 e. The molecule has 8 heteroatoms. The molecule has 21 heavy (non-hydrogen) atoms. The van der Waals surface area contributed by atoms with Crippen LogP contribution in [0.25, 0.3) is 0 Å². The van der Waals surface area contributed by atoms with Crippen LogP contribution < -0.4 is 0 Å². The maximum absolute atomic E-state index is 12.4. The fraction of sp³-hybridized carbons (Fsp3) is 0.846. The van der Waals surface area contributed by atoms with Crippen molar-refractivity contribution in [3.8, 4) is 0 Å². The molecule has 1 rings (SSSR count). The van der Waals surface area contributed by atoms with Gasteiger partial charge in [-0.15, -0.1) is 0 Å². The molecule has 5 nitrogen and oxygen atoms in total. The number of ether oxygens (including phenoxy) is 1. The molecular formula is C13H21F3N2O3. The van der Waals surface area contributed by atoms with Gasteiger partial charge in [0, 0.05) is 32.5 Å².